The van der Waals surface area contributed by atoms with E-state index in [-0.39, 0.29) is 12.2 Å². The van der Waals surface area contributed by atoms with Gasteiger partial charge in [0.1, 0.15) is 6.42 Å². The molecule has 0 aliphatic carbocycles. The Kier molecular flexibility index (Phi) is 5.40. The van der Waals surface area contributed by atoms with E-state index >= 15 is 0 Å². The van der Waals surface area contributed by atoms with Gasteiger partial charge in [0.2, 0.25) is 0 Å². The highest BCUT2D eigenvalue weighted by molar-refractivity contribution is 6.05. The second-order valence-electron chi connectivity index (χ2n) is 3.87. The Morgan fingerprint density at radius 3 is 2.29 bits per heavy atom. The summed E-state index contributed by atoms with van der Waals surface area (Å²) in [5.41, 5.74) is 1.74. The van der Waals surface area contributed by atoms with Crippen LogP contribution in [0.2, 0.25) is 0 Å². The average molecular weight is 234 g/mol. The molecule has 0 fully saturated rings. The number of Topliss-reactive ketones (excluding diaryl/α,β-unsaturated/α-hetero) is 1. The number of carbonyl (C=O) groups is 2. The molecule has 17 heavy (non-hydrogen) atoms. The number of carbonyl (C=O) groups excluding carboxylic acids is 2. The number of hydrogen-bond acceptors (Lipinski definition) is 3. The normalized spacial score (nSPS) is 10.0. The van der Waals surface area contributed by atoms with Crippen molar-refractivity contribution in [2.24, 2.45) is 0 Å². The highest BCUT2D eigenvalue weighted by Crippen LogP contribution is 2.08. The van der Waals surface area contributed by atoms with E-state index in [1.807, 2.05) is 19.1 Å². The first-order chi connectivity index (χ1) is 8.17. The van der Waals surface area contributed by atoms with Gasteiger partial charge >= 0.3 is 5.97 Å². The van der Waals surface area contributed by atoms with Gasteiger partial charge in [0.15, 0.2) is 5.78 Å². The van der Waals surface area contributed by atoms with Crippen molar-refractivity contribution >= 4 is 11.8 Å². The van der Waals surface area contributed by atoms with E-state index in [1.165, 1.54) is 5.56 Å². The summed E-state index contributed by atoms with van der Waals surface area (Å²) in [6.07, 6.45) is 1.53. The zero-order chi connectivity index (χ0) is 12.7. The molecule has 1 aromatic carbocycles. The van der Waals surface area contributed by atoms with E-state index in [4.69, 9.17) is 4.74 Å². The third kappa shape index (κ3) is 4.39. The topological polar surface area (TPSA) is 43.4 Å². The van der Waals surface area contributed by atoms with E-state index in [0.29, 0.717) is 12.2 Å². The summed E-state index contributed by atoms with van der Waals surface area (Å²) in [4.78, 5) is 23.0. The molecule has 0 N–H and O–H groups in total. The molecule has 0 saturated heterocycles. The quantitative estimate of drug-likeness (QED) is 0.432. The van der Waals surface area contributed by atoms with E-state index in [0.717, 1.165) is 12.8 Å². The van der Waals surface area contributed by atoms with Crippen molar-refractivity contribution in [3.05, 3.63) is 35.4 Å². The maximum Gasteiger partial charge on any atom is 0.313 e. The lowest BCUT2D eigenvalue weighted by Gasteiger charge is -2.03. The minimum Gasteiger partial charge on any atom is -0.465 e. The van der Waals surface area contributed by atoms with Crippen molar-refractivity contribution in [2.75, 3.05) is 6.61 Å². The first-order valence-electron chi connectivity index (χ1n) is 5.95. The molecule has 0 aliphatic heterocycles. The first-order valence-corrected chi connectivity index (χ1v) is 5.95. The van der Waals surface area contributed by atoms with Gasteiger partial charge in [-0.3, -0.25) is 9.59 Å². The Morgan fingerprint density at radius 2 is 1.76 bits per heavy atom. The van der Waals surface area contributed by atoms with Gasteiger partial charge in [-0.15, -0.1) is 0 Å². The minimum atomic E-state index is -0.448. The van der Waals surface area contributed by atoms with Crippen LogP contribution in [0.5, 0.6) is 0 Å². The molecule has 0 amide bonds. The Bertz CT molecular complexity index is 379. The smallest absolute Gasteiger partial charge is 0.313 e. The van der Waals surface area contributed by atoms with Crippen LogP contribution in [-0.2, 0) is 16.0 Å². The molecule has 0 bridgehead atoms. The summed E-state index contributed by atoms with van der Waals surface area (Å²) in [5, 5.41) is 0. The number of aryl methyl sites for hydroxylation is 1. The lowest BCUT2D eigenvalue weighted by atomic mass is 10.1. The Balaban J connectivity index is 2.54. The molecule has 0 saturated carbocycles. The van der Waals surface area contributed by atoms with E-state index in [9.17, 15) is 9.59 Å². The molecule has 3 nitrogen and oxygen atoms in total. The fourth-order valence-corrected chi connectivity index (χ4v) is 1.43. The zero-order valence-corrected chi connectivity index (χ0v) is 10.4. The molecule has 0 heterocycles. The van der Waals surface area contributed by atoms with Gasteiger partial charge in [0.25, 0.3) is 0 Å². The van der Waals surface area contributed by atoms with Crippen LogP contribution in [0.3, 0.4) is 0 Å². The van der Waals surface area contributed by atoms with E-state index in [2.05, 4.69) is 6.92 Å². The SMILES string of the molecule is CCCOC(=O)CC(=O)c1ccc(CC)cc1. The van der Waals surface area contributed by atoms with Crippen molar-refractivity contribution in [1.29, 1.82) is 0 Å². The molecule has 0 unspecified atom stereocenters. The van der Waals surface area contributed by atoms with Gasteiger partial charge in [-0.2, -0.15) is 0 Å². The van der Waals surface area contributed by atoms with Gasteiger partial charge in [0, 0.05) is 5.56 Å². The van der Waals surface area contributed by atoms with Crippen LogP contribution in [0.4, 0.5) is 0 Å². The Morgan fingerprint density at radius 1 is 1.12 bits per heavy atom. The molecule has 1 aromatic rings. The lowest BCUT2D eigenvalue weighted by Crippen LogP contribution is -2.12. The third-order valence-corrected chi connectivity index (χ3v) is 2.46. The zero-order valence-electron chi connectivity index (χ0n) is 10.4. The van der Waals surface area contributed by atoms with Gasteiger partial charge < -0.3 is 4.74 Å². The predicted molar refractivity (Wildman–Crippen MR) is 66.0 cm³/mol. The molecule has 0 aromatic heterocycles. The van der Waals surface area contributed by atoms with E-state index < -0.39 is 5.97 Å². The lowest BCUT2D eigenvalue weighted by molar-refractivity contribution is -0.142. The van der Waals surface area contributed by atoms with Crippen LogP contribution >= 0.6 is 0 Å². The summed E-state index contributed by atoms with van der Waals surface area (Å²) in [5.74, 6) is -0.634. The van der Waals surface area contributed by atoms with Crippen LogP contribution in [-0.4, -0.2) is 18.4 Å². The fourth-order valence-electron chi connectivity index (χ4n) is 1.43. The monoisotopic (exact) mass is 234 g/mol. The minimum absolute atomic E-state index is 0.175. The van der Waals surface area contributed by atoms with Crippen molar-refractivity contribution < 1.29 is 14.3 Å². The van der Waals surface area contributed by atoms with Crippen LogP contribution < -0.4 is 0 Å². The van der Waals surface area contributed by atoms with Gasteiger partial charge in [-0.1, -0.05) is 38.1 Å². The van der Waals surface area contributed by atoms with Crippen LogP contribution in [0.25, 0.3) is 0 Å². The predicted octanol–water partition coefficient (Wildman–Crippen LogP) is 2.78. The molecule has 0 radical (unpaired) electrons. The number of rotatable bonds is 6. The molecule has 0 spiro atoms. The van der Waals surface area contributed by atoms with Gasteiger partial charge in [-0.25, -0.2) is 0 Å². The Hall–Kier alpha value is -1.64. The van der Waals surface area contributed by atoms with E-state index in [1.54, 1.807) is 12.1 Å². The summed E-state index contributed by atoms with van der Waals surface area (Å²) in [7, 11) is 0. The van der Waals surface area contributed by atoms with Crippen LogP contribution in [0, 0.1) is 0 Å². The van der Waals surface area contributed by atoms with Gasteiger partial charge in [0.05, 0.1) is 6.61 Å². The molecular weight excluding hydrogens is 216 g/mol. The third-order valence-electron chi connectivity index (χ3n) is 2.46. The second-order valence-corrected chi connectivity index (χ2v) is 3.87. The number of ketones is 1. The number of esters is 1. The summed E-state index contributed by atoms with van der Waals surface area (Å²) < 4.78 is 4.87. The first kappa shape index (κ1) is 13.4. The summed E-state index contributed by atoms with van der Waals surface area (Å²) in [6, 6.07) is 7.33. The van der Waals surface area contributed by atoms with Crippen molar-refractivity contribution in [2.45, 2.75) is 33.1 Å². The molecule has 3 heteroatoms. The summed E-state index contributed by atoms with van der Waals surface area (Å²) in [6.45, 7) is 4.35. The van der Waals surface area contributed by atoms with Crippen molar-refractivity contribution in [3.8, 4) is 0 Å². The van der Waals surface area contributed by atoms with Gasteiger partial charge in [-0.05, 0) is 18.4 Å². The summed E-state index contributed by atoms with van der Waals surface area (Å²) >= 11 is 0. The fraction of sp³-hybridized carbons (Fsp3) is 0.429. The largest absolute Gasteiger partial charge is 0.465 e. The standard InChI is InChI=1S/C14H18O3/c1-3-9-17-14(16)10-13(15)12-7-5-11(4-2)6-8-12/h5-8H,3-4,9-10H2,1-2H3. The highest BCUT2D eigenvalue weighted by Gasteiger charge is 2.12. The molecule has 1 rings (SSSR count). The number of ether oxygens (including phenoxy) is 1. The van der Waals surface area contributed by atoms with Crippen molar-refractivity contribution in [1.82, 2.24) is 0 Å². The number of benzene rings is 1. The second kappa shape index (κ2) is 6.84. The highest BCUT2D eigenvalue weighted by atomic mass is 16.5. The van der Waals surface area contributed by atoms with Crippen LogP contribution in [0.1, 0.15) is 42.6 Å². The molecular formula is C14H18O3. The maximum absolute atomic E-state index is 11.7. The Labute approximate surface area is 102 Å². The van der Waals surface area contributed by atoms with Crippen LogP contribution in [0.15, 0.2) is 24.3 Å². The molecule has 0 aliphatic rings. The maximum atomic E-state index is 11.7. The molecule has 92 valence electrons. The number of hydrogen-bond donors (Lipinski definition) is 0. The average Bonchev–Trinajstić information content (AvgIpc) is 2.36. The van der Waals surface area contributed by atoms with Crippen molar-refractivity contribution in [3.63, 3.8) is 0 Å². The molecule has 0 atom stereocenters.